The topological polar surface area (TPSA) is 45.0 Å². The van der Waals surface area contributed by atoms with Crippen molar-refractivity contribution in [1.82, 2.24) is 0 Å². The number of hydrogen-bond donors (Lipinski definition) is 1. The fraction of sp³-hybridized carbons (Fsp3) is 0.500. The number of nitrogens with zero attached hydrogens (tertiary/aromatic N) is 1. The summed E-state index contributed by atoms with van der Waals surface area (Å²) in [6.45, 7) is 1.17. The van der Waals surface area contributed by atoms with E-state index < -0.39 is 5.82 Å². The minimum atomic E-state index is -0.394. The van der Waals surface area contributed by atoms with Crippen LogP contribution in [0.15, 0.2) is 18.2 Å². The summed E-state index contributed by atoms with van der Waals surface area (Å²) in [5.74, 6) is -0.394. The van der Waals surface area contributed by atoms with Crippen LogP contribution in [0.4, 0.5) is 10.1 Å². The lowest BCUT2D eigenvalue weighted by Crippen LogP contribution is -2.15. The number of nitriles is 1. The van der Waals surface area contributed by atoms with Crippen molar-refractivity contribution in [3.05, 3.63) is 29.6 Å². The largest absolute Gasteiger partial charge is 0.380 e. The van der Waals surface area contributed by atoms with E-state index in [1.54, 1.807) is 12.1 Å². The van der Waals surface area contributed by atoms with Gasteiger partial charge in [-0.2, -0.15) is 5.26 Å². The van der Waals surface area contributed by atoms with Crippen molar-refractivity contribution in [2.24, 2.45) is 0 Å². The summed E-state index contributed by atoms with van der Waals surface area (Å²) in [6.07, 6.45) is 5.18. The highest BCUT2D eigenvalue weighted by Gasteiger charge is 2.14. The first-order valence-electron chi connectivity index (χ1n) is 6.35. The lowest BCUT2D eigenvalue weighted by atomic mass is 10.2. The van der Waals surface area contributed by atoms with Crippen LogP contribution in [0.3, 0.4) is 0 Å². The first-order valence-corrected chi connectivity index (χ1v) is 6.35. The Morgan fingerprint density at radius 2 is 2.17 bits per heavy atom. The van der Waals surface area contributed by atoms with E-state index in [2.05, 4.69) is 5.32 Å². The highest BCUT2D eigenvalue weighted by atomic mass is 19.1. The van der Waals surface area contributed by atoms with Crippen molar-refractivity contribution >= 4 is 5.69 Å². The van der Waals surface area contributed by atoms with E-state index in [0.29, 0.717) is 30.5 Å². The first-order chi connectivity index (χ1) is 8.79. The van der Waals surface area contributed by atoms with Crippen LogP contribution in [-0.4, -0.2) is 19.3 Å². The molecule has 1 aliphatic rings. The standard InChI is InChI=1S/C14H17FN2O/c15-13-9-11(10-16)5-6-14(13)17-7-8-18-12-3-1-2-4-12/h5-6,9,12,17H,1-4,7-8H2. The molecule has 0 unspecified atom stereocenters. The fourth-order valence-corrected chi connectivity index (χ4v) is 2.19. The van der Waals surface area contributed by atoms with Gasteiger partial charge in [-0.1, -0.05) is 12.8 Å². The second kappa shape index (κ2) is 6.36. The van der Waals surface area contributed by atoms with Crippen LogP contribution in [-0.2, 0) is 4.74 Å². The van der Waals surface area contributed by atoms with Gasteiger partial charge in [0.25, 0.3) is 0 Å². The minimum absolute atomic E-state index is 0.334. The molecular formula is C14H17FN2O. The van der Waals surface area contributed by atoms with Gasteiger partial charge in [0.15, 0.2) is 0 Å². The van der Waals surface area contributed by atoms with Crippen LogP contribution in [0.1, 0.15) is 31.2 Å². The van der Waals surface area contributed by atoms with Gasteiger partial charge in [-0.25, -0.2) is 4.39 Å². The summed E-state index contributed by atoms with van der Waals surface area (Å²) in [6, 6.07) is 6.33. The molecule has 0 spiro atoms. The quantitative estimate of drug-likeness (QED) is 0.814. The van der Waals surface area contributed by atoms with Gasteiger partial charge in [0.1, 0.15) is 5.82 Å². The number of hydrogen-bond acceptors (Lipinski definition) is 3. The number of halogens is 1. The third kappa shape index (κ3) is 3.44. The predicted octanol–water partition coefficient (Wildman–Crippen LogP) is 3.07. The maximum absolute atomic E-state index is 13.5. The summed E-state index contributed by atoms with van der Waals surface area (Å²) >= 11 is 0. The molecule has 2 rings (SSSR count). The molecule has 1 aromatic carbocycles. The predicted molar refractivity (Wildman–Crippen MR) is 67.8 cm³/mol. The molecule has 18 heavy (non-hydrogen) atoms. The Labute approximate surface area is 107 Å². The van der Waals surface area contributed by atoms with Crippen LogP contribution in [0.25, 0.3) is 0 Å². The average Bonchev–Trinajstić information content (AvgIpc) is 2.89. The Bertz CT molecular complexity index is 436. The molecule has 0 radical (unpaired) electrons. The van der Waals surface area contributed by atoms with Gasteiger partial charge in [0, 0.05) is 6.54 Å². The second-order valence-electron chi connectivity index (χ2n) is 4.51. The van der Waals surface area contributed by atoms with Crippen molar-refractivity contribution in [3.63, 3.8) is 0 Å². The zero-order valence-corrected chi connectivity index (χ0v) is 10.3. The Morgan fingerprint density at radius 3 is 2.83 bits per heavy atom. The van der Waals surface area contributed by atoms with Gasteiger partial charge in [-0.3, -0.25) is 0 Å². The van der Waals surface area contributed by atoms with Crippen LogP contribution in [0, 0.1) is 17.1 Å². The maximum atomic E-state index is 13.5. The van der Waals surface area contributed by atoms with E-state index in [-0.39, 0.29) is 0 Å². The van der Waals surface area contributed by atoms with Crippen molar-refractivity contribution < 1.29 is 9.13 Å². The second-order valence-corrected chi connectivity index (χ2v) is 4.51. The number of benzene rings is 1. The summed E-state index contributed by atoms with van der Waals surface area (Å²) < 4.78 is 19.2. The smallest absolute Gasteiger partial charge is 0.147 e. The average molecular weight is 248 g/mol. The highest BCUT2D eigenvalue weighted by molar-refractivity contribution is 5.48. The van der Waals surface area contributed by atoms with E-state index in [1.807, 2.05) is 6.07 Å². The van der Waals surface area contributed by atoms with E-state index in [9.17, 15) is 4.39 Å². The summed E-state index contributed by atoms with van der Waals surface area (Å²) in [5, 5.41) is 11.6. The van der Waals surface area contributed by atoms with E-state index in [4.69, 9.17) is 10.00 Å². The molecule has 1 N–H and O–H groups in total. The number of rotatable bonds is 5. The molecule has 4 heteroatoms. The highest BCUT2D eigenvalue weighted by Crippen LogP contribution is 2.20. The lowest BCUT2D eigenvalue weighted by molar-refractivity contribution is 0.0659. The maximum Gasteiger partial charge on any atom is 0.147 e. The van der Waals surface area contributed by atoms with Crippen molar-refractivity contribution in [3.8, 4) is 6.07 Å². The van der Waals surface area contributed by atoms with Crippen LogP contribution in [0.2, 0.25) is 0 Å². The van der Waals surface area contributed by atoms with Gasteiger partial charge in [0.05, 0.1) is 30.0 Å². The number of anilines is 1. The third-order valence-electron chi connectivity index (χ3n) is 3.17. The fourth-order valence-electron chi connectivity index (χ4n) is 2.19. The molecule has 0 atom stereocenters. The zero-order chi connectivity index (χ0) is 12.8. The van der Waals surface area contributed by atoms with E-state index >= 15 is 0 Å². The summed E-state index contributed by atoms with van der Waals surface area (Å²) in [4.78, 5) is 0. The van der Waals surface area contributed by atoms with Gasteiger partial charge >= 0.3 is 0 Å². The van der Waals surface area contributed by atoms with Crippen LogP contribution < -0.4 is 5.32 Å². The summed E-state index contributed by atoms with van der Waals surface area (Å²) in [5.41, 5.74) is 0.754. The molecule has 3 nitrogen and oxygen atoms in total. The zero-order valence-electron chi connectivity index (χ0n) is 10.3. The first kappa shape index (κ1) is 12.8. The molecule has 1 aliphatic carbocycles. The van der Waals surface area contributed by atoms with Crippen molar-refractivity contribution in [1.29, 1.82) is 5.26 Å². The molecule has 0 bridgehead atoms. The molecule has 0 aliphatic heterocycles. The van der Waals surface area contributed by atoms with E-state index in [0.717, 1.165) is 12.8 Å². The number of nitrogens with one attached hydrogen (secondary N) is 1. The monoisotopic (exact) mass is 248 g/mol. The van der Waals surface area contributed by atoms with Crippen LogP contribution in [0.5, 0.6) is 0 Å². The summed E-state index contributed by atoms with van der Waals surface area (Å²) in [7, 11) is 0. The molecular weight excluding hydrogens is 231 g/mol. The van der Waals surface area contributed by atoms with Gasteiger partial charge < -0.3 is 10.1 Å². The SMILES string of the molecule is N#Cc1ccc(NCCOC2CCCC2)c(F)c1. The molecule has 1 fully saturated rings. The van der Waals surface area contributed by atoms with Crippen molar-refractivity contribution in [2.45, 2.75) is 31.8 Å². The minimum Gasteiger partial charge on any atom is -0.380 e. The van der Waals surface area contributed by atoms with Crippen molar-refractivity contribution in [2.75, 3.05) is 18.5 Å². The molecule has 1 saturated carbocycles. The Kier molecular flexibility index (Phi) is 4.54. The van der Waals surface area contributed by atoms with E-state index in [1.165, 1.54) is 18.9 Å². The Balaban J connectivity index is 1.74. The number of ether oxygens (including phenoxy) is 1. The lowest BCUT2D eigenvalue weighted by Gasteiger charge is -2.12. The van der Waals surface area contributed by atoms with Crippen LogP contribution >= 0.6 is 0 Å². The molecule has 1 aromatic rings. The molecule has 0 saturated heterocycles. The normalized spacial score (nSPS) is 15.6. The van der Waals surface area contributed by atoms with Gasteiger partial charge in [-0.15, -0.1) is 0 Å². The van der Waals surface area contributed by atoms with Gasteiger partial charge in [-0.05, 0) is 31.0 Å². The van der Waals surface area contributed by atoms with Gasteiger partial charge in [0.2, 0.25) is 0 Å². The Hall–Kier alpha value is -1.60. The molecule has 0 heterocycles. The molecule has 0 aromatic heterocycles. The third-order valence-corrected chi connectivity index (χ3v) is 3.17. The Morgan fingerprint density at radius 1 is 1.39 bits per heavy atom. The molecule has 0 amide bonds. The molecule has 96 valence electrons.